The molecular weight excluding hydrogens is 524 g/mol. The van der Waals surface area contributed by atoms with Crippen molar-refractivity contribution >= 4 is 17.4 Å². The van der Waals surface area contributed by atoms with Crippen LogP contribution in [0.5, 0.6) is 0 Å². The Bertz CT molecular complexity index is 1120. The van der Waals surface area contributed by atoms with Crippen LogP contribution in [0, 0.1) is 0 Å². The van der Waals surface area contributed by atoms with Gasteiger partial charge in [0.05, 0.1) is 11.1 Å². The van der Waals surface area contributed by atoms with E-state index < -0.39 is 35.2 Å². The molecule has 1 N–H and O–H groups in total. The number of amides is 2. The van der Waals surface area contributed by atoms with Gasteiger partial charge >= 0.3 is 18.4 Å². The molecule has 0 spiro atoms. The first-order valence-electron chi connectivity index (χ1n) is 13.1. The molecule has 6 nitrogen and oxygen atoms in total. The van der Waals surface area contributed by atoms with Gasteiger partial charge in [-0.25, -0.2) is 4.79 Å². The number of nitrogens with zero attached hydrogens (tertiary/aromatic N) is 4. The van der Waals surface area contributed by atoms with Gasteiger partial charge in [0.25, 0.3) is 0 Å². The van der Waals surface area contributed by atoms with E-state index in [0.29, 0.717) is 25.2 Å². The average molecular weight is 556 g/mol. The molecule has 39 heavy (non-hydrogen) atoms. The van der Waals surface area contributed by atoms with E-state index in [9.17, 15) is 31.1 Å². The summed E-state index contributed by atoms with van der Waals surface area (Å²) in [4.78, 5) is 21.0. The van der Waals surface area contributed by atoms with Gasteiger partial charge in [-0.15, -0.1) is 0 Å². The maximum absolute atomic E-state index is 13.1. The fraction of sp³-hybridized carbons (Fsp3) is 0.519. The predicted octanol–water partition coefficient (Wildman–Crippen LogP) is 5.36. The van der Waals surface area contributed by atoms with Crippen molar-refractivity contribution in [3.63, 3.8) is 0 Å². The third kappa shape index (κ3) is 6.60. The molecule has 3 saturated heterocycles. The van der Waals surface area contributed by atoms with Gasteiger partial charge in [0.1, 0.15) is 0 Å². The molecule has 0 aromatic heterocycles. The average Bonchev–Trinajstić information content (AvgIpc) is 3.38. The molecule has 212 valence electrons. The maximum atomic E-state index is 13.1. The number of urea groups is 1. The third-order valence-electron chi connectivity index (χ3n) is 7.73. The van der Waals surface area contributed by atoms with Crippen LogP contribution in [0.25, 0.3) is 0 Å². The van der Waals surface area contributed by atoms with Crippen molar-refractivity contribution in [3.05, 3.63) is 59.2 Å². The SMILES string of the molecule is O=C(Nc1cc(C(F)(F)F)cc(C(F)(F)F)c1)N1CC(N2CCN(Cc3ccc(N4CCCC4)cc3)CC2)C1. The van der Waals surface area contributed by atoms with Gasteiger partial charge in [-0.05, 0) is 48.7 Å². The monoisotopic (exact) mass is 555 g/mol. The number of carbonyl (C=O) groups is 1. The Morgan fingerprint density at radius 1 is 0.795 bits per heavy atom. The van der Waals surface area contributed by atoms with Crippen LogP contribution in [0.1, 0.15) is 29.5 Å². The van der Waals surface area contributed by atoms with E-state index in [2.05, 4.69) is 44.3 Å². The van der Waals surface area contributed by atoms with Gasteiger partial charge in [-0.2, -0.15) is 26.3 Å². The molecule has 3 fully saturated rings. The van der Waals surface area contributed by atoms with Crippen molar-refractivity contribution in [2.75, 3.05) is 62.6 Å². The number of likely N-dealkylation sites (tertiary alicyclic amines) is 1. The number of hydrogen-bond donors (Lipinski definition) is 1. The zero-order chi connectivity index (χ0) is 27.8. The van der Waals surface area contributed by atoms with Crippen LogP contribution in [0.15, 0.2) is 42.5 Å². The number of alkyl halides is 6. The quantitative estimate of drug-likeness (QED) is 0.505. The number of halogens is 6. The lowest BCUT2D eigenvalue weighted by Crippen LogP contribution is -2.64. The van der Waals surface area contributed by atoms with Crippen LogP contribution >= 0.6 is 0 Å². The Hall–Kier alpha value is -2.99. The molecule has 3 aliphatic heterocycles. The zero-order valence-electron chi connectivity index (χ0n) is 21.4. The van der Waals surface area contributed by atoms with E-state index in [1.54, 1.807) is 0 Å². The molecule has 12 heteroatoms. The highest BCUT2D eigenvalue weighted by atomic mass is 19.4. The van der Waals surface area contributed by atoms with Gasteiger partial charge in [0.15, 0.2) is 0 Å². The van der Waals surface area contributed by atoms with E-state index in [1.165, 1.54) is 29.0 Å². The van der Waals surface area contributed by atoms with Crippen molar-refractivity contribution in [1.29, 1.82) is 0 Å². The van der Waals surface area contributed by atoms with E-state index in [0.717, 1.165) is 45.8 Å². The highest BCUT2D eigenvalue weighted by Crippen LogP contribution is 2.37. The molecule has 5 rings (SSSR count). The molecule has 2 aromatic carbocycles. The largest absolute Gasteiger partial charge is 0.416 e. The van der Waals surface area contributed by atoms with Crippen LogP contribution in [0.2, 0.25) is 0 Å². The van der Waals surface area contributed by atoms with E-state index in [-0.39, 0.29) is 12.1 Å². The van der Waals surface area contributed by atoms with Gasteiger partial charge in [0, 0.05) is 76.3 Å². The van der Waals surface area contributed by atoms with Crippen LogP contribution in [-0.2, 0) is 18.9 Å². The summed E-state index contributed by atoms with van der Waals surface area (Å²) in [6.45, 7) is 7.25. The Kier molecular flexibility index (Phi) is 7.69. The van der Waals surface area contributed by atoms with Crippen molar-refractivity contribution < 1.29 is 31.1 Å². The number of anilines is 2. The molecular formula is C27H31F6N5O. The number of piperazine rings is 1. The lowest BCUT2D eigenvalue weighted by molar-refractivity contribution is -0.143. The van der Waals surface area contributed by atoms with Gasteiger partial charge < -0.3 is 15.1 Å². The van der Waals surface area contributed by atoms with E-state index >= 15 is 0 Å². The first kappa shape index (κ1) is 27.6. The Labute approximate surface area is 223 Å². The molecule has 3 heterocycles. The van der Waals surface area contributed by atoms with Crippen LogP contribution in [0.4, 0.5) is 42.5 Å². The summed E-state index contributed by atoms with van der Waals surface area (Å²) < 4.78 is 78.5. The lowest BCUT2D eigenvalue weighted by atomic mass is 10.1. The number of benzene rings is 2. The summed E-state index contributed by atoms with van der Waals surface area (Å²) in [5.41, 5.74) is -0.925. The normalized spacial score (nSPS) is 19.8. The second kappa shape index (κ2) is 10.9. The number of carbonyl (C=O) groups excluding carboxylic acids is 1. The van der Waals surface area contributed by atoms with E-state index in [4.69, 9.17) is 0 Å². The smallest absolute Gasteiger partial charge is 0.372 e. The molecule has 0 unspecified atom stereocenters. The summed E-state index contributed by atoms with van der Waals surface area (Å²) in [6.07, 6.45) is -7.45. The molecule has 0 aliphatic carbocycles. The predicted molar refractivity (Wildman–Crippen MR) is 136 cm³/mol. The van der Waals surface area contributed by atoms with Gasteiger partial charge in [0.2, 0.25) is 0 Å². The highest BCUT2D eigenvalue weighted by molar-refractivity contribution is 5.90. The minimum Gasteiger partial charge on any atom is -0.372 e. The molecule has 0 radical (unpaired) electrons. The molecule has 3 aliphatic rings. The van der Waals surface area contributed by atoms with E-state index in [1.807, 2.05) is 0 Å². The zero-order valence-corrected chi connectivity index (χ0v) is 21.4. The molecule has 0 saturated carbocycles. The van der Waals surface area contributed by atoms with Crippen LogP contribution in [-0.4, -0.2) is 79.1 Å². The lowest BCUT2D eigenvalue weighted by Gasteiger charge is -2.48. The summed E-state index contributed by atoms with van der Waals surface area (Å²) in [5.74, 6) is 0. The van der Waals surface area contributed by atoms with Crippen LogP contribution in [0.3, 0.4) is 0 Å². The summed E-state index contributed by atoms with van der Waals surface area (Å²) in [7, 11) is 0. The Morgan fingerprint density at radius 3 is 1.90 bits per heavy atom. The second-order valence-corrected chi connectivity index (χ2v) is 10.5. The fourth-order valence-corrected chi connectivity index (χ4v) is 5.41. The molecule has 2 amide bonds. The highest BCUT2D eigenvalue weighted by Gasteiger charge is 2.39. The maximum Gasteiger partial charge on any atom is 0.416 e. The van der Waals surface area contributed by atoms with Crippen molar-refractivity contribution in [2.24, 2.45) is 0 Å². The number of nitrogens with one attached hydrogen (secondary N) is 1. The Balaban J connectivity index is 1.08. The summed E-state index contributed by atoms with van der Waals surface area (Å²) in [6, 6.07) is 9.23. The van der Waals surface area contributed by atoms with Crippen LogP contribution < -0.4 is 10.2 Å². The second-order valence-electron chi connectivity index (χ2n) is 10.5. The minimum atomic E-state index is -4.97. The standard InChI is InChI=1S/C27H31F6N5O/c28-26(29,30)20-13-21(27(31,32)33)15-22(14-20)34-25(39)38-17-24(18-38)37-11-9-35(10-12-37)16-19-3-5-23(6-4-19)36-7-1-2-8-36/h3-6,13-15,24H,1-2,7-12,16-18H2,(H,34,39). The van der Waals surface area contributed by atoms with Gasteiger partial charge in [-0.1, -0.05) is 12.1 Å². The minimum absolute atomic E-state index is 0.0403. The number of hydrogen-bond acceptors (Lipinski definition) is 4. The molecule has 2 aromatic rings. The Morgan fingerprint density at radius 2 is 1.36 bits per heavy atom. The third-order valence-corrected chi connectivity index (χ3v) is 7.73. The first-order chi connectivity index (χ1) is 18.5. The first-order valence-corrected chi connectivity index (χ1v) is 13.1. The number of rotatable bonds is 5. The molecule has 0 atom stereocenters. The fourth-order valence-electron chi connectivity index (χ4n) is 5.41. The van der Waals surface area contributed by atoms with Crippen molar-refractivity contribution in [1.82, 2.24) is 14.7 Å². The topological polar surface area (TPSA) is 42.1 Å². The van der Waals surface area contributed by atoms with Crippen molar-refractivity contribution in [2.45, 2.75) is 37.8 Å². The summed E-state index contributed by atoms with van der Waals surface area (Å²) in [5, 5.41) is 2.21. The molecule has 0 bridgehead atoms. The van der Waals surface area contributed by atoms with Gasteiger partial charge in [-0.3, -0.25) is 9.80 Å². The van der Waals surface area contributed by atoms with Crippen molar-refractivity contribution in [3.8, 4) is 0 Å². The summed E-state index contributed by atoms with van der Waals surface area (Å²) >= 11 is 0.